The van der Waals surface area contributed by atoms with E-state index in [0.717, 1.165) is 12.8 Å². The molecule has 92 valence electrons. The maximum Gasteiger partial charge on any atom is 0.303 e. The van der Waals surface area contributed by atoms with Gasteiger partial charge in [0.2, 0.25) is 0 Å². The predicted octanol–water partition coefficient (Wildman–Crippen LogP) is 3.59. The fourth-order valence-corrected chi connectivity index (χ4v) is 3.01. The van der Waals surface area contributed by atoms with E-state index in [0.29, 0.717) is 12.3 Å². The summed E-state index contributed by atoms with van der Waals surface area (Å²) in [6.07, 6.45) is 4.48. The predicted molar refractivity (Wildman–Crippen MR) is 68.5 cm³/mol. The van der Waals surface area contributed by atoms with Crippen molar-refractivity contribution in [2.45, 2.75) is 51.9 Å². The largest absolute Gasteiger partial charge is 0.481 e. The molecule has 0 saturated heterocycles. The quantitative estimate of drug-likeness (QED) is 0.861. The van der Waals surface area contributed by atoms with Crippen molar-refractivity contribution in [3.63, 3.8) is 0 Å². The average Bonchev–Trinajstić information content (AvgIpc) is 2.61. The number of carbonyl (C=O) groups is 1. The van der Waals surface area contributed by atoms with Gasteiger partial charge in [0.05, 0.1) is 0 Å². The first-order chi connectivity index (χ1) is 8.08. The highest BCUT2D eigenvalue weighted by Crippen LogP contribution is 2.38. The fraction of sp³-hybridized carbons (Fsp3) is 0.533. The minimum Gasteiger partial charge on any atom is -0.481 e. The number of aliphatic carboxylic acids is 1. The van der Waals surface area contributed by atoms with E-state index in [4.69, 9.17) is 5.11 Å². The van der Waals surface area contributed by atoms with Crippen LogP contribution in [0.25, 0.3) is 0 Å². The number of benzene rings is 1. The molecule has 0 amide bonds. The van der Waals surface area contributed by atoms with Gasteiger partial charge in [-0.1, -0.05) is 17.7 Å². The van der Waals surface area contributed by atoms with E-state index in [-0.39, 0.29) is 0 Å². The normalized spacial score (nSPS) is 18.1. The number of hydrogen-bond donors (Lipinski definition) is 1. The molecule has 2 heteroatoms. The zero-order valence-electron chi connectivity index (χ0n) is 10.6. The van der Waals surface area contributed by atoms with Gasteiger partial charge in [0.1, 0.15) is 0 Å². The molecule has 2 nitrogen and oxygen atoms in total. The minimum absolute atomic E-state index is 0.302. The first-order valence-electron chi connectivity index (χ1n) is 6.39. The van der Waals surface area contributed by atoms with E-state index >= 15 is 0 Å². The third-order valence-corrected chi connectivity index (χ3v) is 3.78. The summed E-state index contributed by atoms with van der Waals surface area (Å²) < 4.78 is 0. The molecule has 1 aliphatic carbocycles. The second-order valence-electron chi connectivity index (χ2n) is 5.17. The van der Waals surface area contributed by atoms with Crippen LogP contribution in [-0.4, -0.2) is 11.1 Å². The molecule has 0 aliphatic heterocycles. The summed E-state index contributed by atoms with van der Waals surface area (Å²) in [5, 5.41) is 8.67. The van der Waals surface area contributed by atoms with Crippen LogP contribution < -0.4 is 0 Å². The van der Waals surface area contributed by atoms with E-state index < -0.39 is 5.97 Å². The second-order valence-corrected chi connectivity index (χ2v) is 5.17. The Balaban J connectivity index is 2.08. The molecular formula is C15H20O2. The van der Waals surface area contributed by atoms with Gasteiger partial charge in [0, 0.05) is 6.42 Å². The Morgan fingerprint density at radius 2 is 2.18 bits per heavy atom. The van der Waals surface area contributed by atoms with E-state index in [2.05, 4.69) is 26.0 Å². The van der Waals surface area contributed by atoms with Crippen LogP contribution in [0.2, 0.25) is 0 Å². The van der Waals surface area contributed by atoms with Crippen molar-refractivity contribution in [3.8, 4) is 0 Å². The van der Waals surface area contributed by atoms with Crippen molar-refractivity contribution in [2.75, 3.05) is 0 Å². The number of carboxylic acids is 1. The smallest absolute Gasteiger partial charge is 0.303 e. The van der Waals surface area contributed by atoms with Crippen LogP contribution >= 0.6 is 0 Å². The highest BCUT2D eigenvalue weighted by Gasteiger charge is 2.23. The first-order valence-corrected chi connectivity index (χ1v) is 6.39. The van der Waals surface area contributed by atoms with Gasteiger partial charge in [-0.25, -0.2) is 0 Å². The first kappa shape index (κ1) is 12.2. The molecule has 0 heterocycles. The summed E-state index contributed by atoms with van der Waals surface area (Å²) in [4.78, 5) is 10.5. The lowest BCUT2D eigenvalue weighted by atomic mass is 9.93. The number of carboxylic acid groups (broad SMARTS) is 1. The number of rotatable bonds is 4. The Labute approximate surface area is 103 Å². The molecule has 1 atom stereocenters. The molecule has 0 bridgehead atoms. The fourth-order valence-electron chi connectivity index (χ4n) is 3.01. The maximum absolute atomic E-state index is 10.5. The van der Waals surface area contributed by atoms with E-state index in [1.165, 1.54) is 35.1 Å². The van der Waals surface area contributed by atoms with Gasteiger partial charge in [0.15, 0.2) is 0 Å². The minimum atomic E-state index is -0.677. The monoisotopic (exact) mass is 232 g/mol. The third kappa shape index (κ3) is 2.68. The summed E-state index contributed by atoms with van der Waals surface area (Å²) in [7, 11) is 0. The Hall–Kier alpha value is -1.31. The summed E-state index contributed by atoms with van der Waals surface area (Å²) in [6, 6.07) is 4.54. The van der Waals surface area contributed by atoms with Gasteiger partial charge in [0.25, 0.3) is 0 Å². The highest BCUT2D eigenvalue weighted by molar-refractivity contribution is 5.66. The van der Waals surface area contributed by atoms with Crippen molar-refractivity contribution in [2.24, 2.45) is 0 Å². The zero-order valence-corrected chi connectivity index (χ0v) is 10.6. The molecule has 2 rings (SSSR count). The van der Waals surface area contributed by atoms with Crippen LogP contribution in [-0.2, 0) is 11.2 Å². The van der Waals surface area contributed by atoms with Gasteiger partial charge in [-0.3, -0.25) is 4.79 Å². The van der Waals surface area contributed by atoms with E-state index in [9.17, 15) is 4.79 Å². The molecule has 0 saturated carbocycles. The Bertz CT molecular complexity index is 435. The van der Waals surface area contributed by atoms with Gasteiger partial charge in [-0.15, -0.1) is 0 Å². The Morgan fingerprint density at radius 3 is 2.88 bits per heavy atom. The molecule has 1 unspecified atom stereocenters. The maximum atomic E-state index is 10.5. The molecule has 1 aromatic carbocycles. The van der Waals surface area contributed by atoms with Gasteiger partial charge < -0.3 is 5.11 Å². The van der Waals surface area contributed by atoms with Crippen molar-refractivity contribution in [3.05, 3.63) is 34.4 Å². The summed E-state index contributed by atoms with van der Waals surface area (Å²) in [5.74, 6) is -0.0911. The van der Waals surface area contributed by atoms with Crippen LogP contribution in [0.3, 0.4) is 0 Å². The van der Waals surface area contributed by atoms with Crippen molar-refractivity contribution in [1.29, 1.82) is 0 Å². The van der Waals surface area contributed by atoms with Gasteiger partial charge in [-0.2, -0.15) is 0 Å². The summed E-state index contributed by atoms with van der Waals surface area (Å²) in [6.45, 7) is 4.32. The number of fused-ring (bicyclic) bond motifs is 1. The standard InChI is InChI=1S/C15H20O2/c1-10-8-11(2)13-7-6-12(14(13)9-10)4-3-5-15(16)17/h8-9,12H,3-7H2,1-2H3,(H,16,17). The molecule has 0 aromatic heterocycles. The SMILES string of the molecule is Cc1cc(C)c2c(c1)C(CCCC(=O)O)CC2. The van der Waals surface area contributed by atoms with Crippen molar-refractivity contribution < 1.29 is 9.90 Å². The Kier molecular flexibility index (Phi) is 3.51. The number of aryl methyl sites for hydroxylation is 2. The van der Waals surface area contributed by atoms with Crippen LogP contribution in [0, 0.1) is 13.8 Å². The molecule has 1 aromatic rings. The molecule has 0 radical (unpaired) electrons. The van der Waals surface area contributed by atoms with Crippen LogP contribution in [0.1, 0.15) is 53.9 Å². The lowest BCUT2D eigenvalue weighted by molar-refractivity contribution is -0.137. The van der Waals surface area contributed by atoms with Gasteiger partial charge >= 0.3 is 5.97 Å². The summed E-state index contributed by atoms with van der Waals surface area (Å²) >= 11 is 0. The van der Waals surface area contributed by atoms with E-state index in [1.54, 1.807) is 0 Å². The van der Waals surface area contributed by atoms with Crippen LogP contribution in [0.5, 0.6) is 0 Å². The zero-order chi connectivity index (χ0) is 12.4. The average molecular weight is 232 g/mol. The second kappa shape index (κ2) is 4.91. The third-order valence-electron chi connectivity index (χ3n) is 3.78. The lowest BCUT2D eigenvalue weighted by Crippen LogP contribution is -1.99. The topological polar surface area (TPSA) is 37.3 Å². The van der Waals surface area contributed by atoms with Crippen LogP contribution in [0.4, 0.5) is 0 Å². The van der Waals surface area contributed by atoms with Crippen LogP contribution in [0.15, 0.2) is 12.1 Å². The van der Waals surface area contributed by atoms with Crippen molar-refractivity contribution >= 4 is 5.97 Å². The molecule has 1 aliphatic rings. The van der Waals surface area contributed by atoms with Crippen molar-refractivity contribution in [1.82, 2.24) is 0 Å². The summed E-state index contributed by atoms with van der Waals surface area (Å²) in [5.41, 5.74) is 5.72. The van der Waals surface area contributed by atoms with E-state index in [1.807, 2.05) is 0 Å². The Morgan fingerprint density at radius 1 is 1.41 bits per heavy atom. The molecule has 0 spiro atoms. The van der Waals surface area contributed by atoms with Gasteiger partial charge in [-0.05, 0) is 62.1 Å². The molecular weight excluding hydrogens is 212 g/mol. The lowest BCUT2D eigenvalue weighted by Gasteiger charge is -2.12. The molecule has 0 fully saturated rings. The molecule has 1 N–H and O–H groups in total. The molecule has 17 heavy (non-hydrogen) atoms. The highest BCUT2D eigenvalue weighted by atomic mass is 16.4. The number of hydrogen-bond acceptors (Lipinski definition) is 1.